The summed E-state index contributed by atoms with van der Waals surface area (Å²) in [6, 6.07) is 21.8. The maximum absolute atomic E-state index is 2.41. The molecule has 0 heterocycles. The molecular weight excluding hydrogens is 240 g/mol. The maximum atomic E-state index is 2.41. The summed E-state index contributed by atoms with van der Waals surface area (Å²) in [5.41, 5.74) is 3.27. The van der Waals surface area contributed by atoms with Gasteiger partial charge in [0.2, 0.25) is 0 Å². The van der Waals surface area contributed by atoms with Crippen LogP contribution in [0.2, 0.25) is 0 Å². The van der Waals surface area contributed by atoms with Crippen LogP contribution in [0.15, 0.2) is 60.7 Å². The Morgan fingerprint density at radius 1 is 0.750 bits per heavy atom. The summed E-state index contributed by atoms with van der Waals surface area (Å²) in [6.07, 6.45) is 3.55. The third kappa shape index (κ3) is 3.96. The Bertz CT molecular complexity index is 455. The van der Waals surface area contributed by atoms with Crippen LogP contribution in [0.3, 0.4) is 0 Å². The van der Waals surface area contributed by atoms with Gasteiger partial charge in [0.1, 0.15) is 0 Å². The van der Waals surface area contributed by atoms with Crippen molar-refractivity contribution in [1.82, 2.24) is 0 Å². The third-order valence-electron chi connectivity index (χ3n) is 4.67. The summed E-state index contributed by atoms with van der Waals surface area (Å²) in [7, 11) is 0. The predicted molar refractivity (Wildman–Crippen MR) is 87.9 cm³/mol. The first-order valence-corrected chi connectivity index (χ1v) is 7.69. The zero-order chi connectivity index (χ0) is 14.4. The van der Waals surface area contributed by atoms with E-state index in [0.29, 0.717) is 11.3 Å². The second kappa shape index (κ2) is 6.74. The molecule has 0 saturated carbocycles. The highest BCUT2D eigenvalue weighted by atomic mass is 14.3. The lowest BCUT2D eigenvalue weighted by molar-refractivity contribution is 0.200. The fourth-order valence-corrected chi connectivity index (χ4v) is 2.71. The minimum absolute atomic E-state index is 0.367. The quantitative estimate of drug-likeness (QED) is 0.645. The molecule has 0 aliphatic heterocycles. The molecule has 2 rings (SSSR count). The van der Waals surface area contributed by atoms with Crippen molar-refractivity contribution in [3.05, 3.63) is 71.8 Å². The second-order valence-electron chi connectivity index (χ2n) is 6.42. The molecule has 2 aromatic carbocycles. The van der Waals surface area contributed by atoms with E-state index in [-0.39, 0.29) is 0 Å². The molecule has 0 spiro atoms. The summed E-state index contributed by atoms with van der Waals surface area (Å²) < 4.78 is 0. The lowest BCUT2D eigenvalue weighted by Gasteiger charge is -2.34. The van der Waals surface area contributed by atoms with Crippen LogP contribution in [0.4, 0.5) is 0 Å². The maximum Gasteiger partial charge on any atom is -0.0242 e. The predicted octanol–water partition coefficient (Wildman–Crippen LogP) is 5.52. The first kappa shape index (κ1) is 14.8. The Kier molecular flexibility index (Phi) is 5.00. The zero-order valence-electron chi connectivity index (χ0n) is 13.0. The van der Waals surface area contributed by atoms with Crippen molar-refractivity contribution in [3.8, 4) is 0 Å². The average Bonchev–Trinajstić information content (AvgIpc) is 2.49. The fraction of sp³-hybridized carbons (Fsp3) is 0.400. The van der Waals surface area contributed by atoms with Gasteiger partial charge >= 0.3 is 0 Å². The van der Waals surface area contributed by atoms with Crippen LogP contribution in [0.1, 0.15) is 38.3 Å². The van der Waals surface area contributed by atoms with Gasteiger partial charge < -0.3 is 0 Å². The zero-order valence-corrected chi connectivity index (χ0v) is 13.0. The van der Waals surface area contributed by atoms with Gasteiger partial charge in [0.25, 0.3) is 0 Å². The molecule has 0 fully saturated rings. The minimum Gasteiger partial charge on any atom is -0.0649 e. The Morgan fingerprint density at radius 3 is 1.50 bits per heavy atom. The van der Waals surface area contributed by atoms with E-state index in [9.17, 15) is 0 Å². The van der Waals surface area contributed by atoms with Crippen molar-refractivity contribution in [1.29, 1.82) is 0 Å². The van der Waals surface area contributed by atoms with Gasteiger partial charge in [-0.25, -0.2) is 0 Å². The first-order valence-electron chi connectivity index (χ1n) is 7.69. The molecule has 0 aliphatic rings. The largest absolute Gasteiger partial charge is 0.0649 e. The molecule has 106 valence electrons. The van der Waals surface area contributed by atoms with Crippen LogP contribution in [0, 0.1) is 11.3 Å². The van der Waals surface area contributed by atoms with E-state index in [1.807, 2.05) is 0 Å². The Balaban J connectivity index is 2.17. The van der Waals surface area contributed by atoms with Gasteiger partial charge in [0, 0.05) is 0 Å². The van der Waals surface area contributed by atoms with Gasteiger partial charge in [0.15, 0.2) is 0 Å². The molecule has 0 amide bonds. The molecule has 20 heavy (non-hydrogen) atoms. The molecule has 0 heteroatoms. The van der Waals surface area contributed by atoms with Gasteiger partial charge in [-0.15, -0.1) is 0 Å². The average molecular weight is 266 g/mol. The van der Waals surface area contributed by atoms with Crippen LogP contribution < -0.4 is 0 Å². The number of hydrogen-bond acceptors (Lipinski definition) is 0. The molecule has 0 bridgehead atoms. The number of hydrogen-bond donors (Lipinski definition) is 0. The molecular formula is C20H26. The molecule has 0 aromatic heterocycles. The van der Waals surface area contributed by atoms with E-state index >= 15 is 0 Å². The highest BCUT2D eigenvalue weighted by Crippen LogP contribution is 2.35. The lowest BCUT2D eigenvalue weighted by Crippen LogP contribution is -2.27. The molecule has 0 atom stereocenters. The van der Waals surface area contributed by atoms with E-state index < -0.39 is 0 Å². The van der Waals surface area contributed by atoms with Crippen LogP contribution in [0.25, 0.3) is 0 Å². The van der Waals surface area contributed by atoms with Crippen molar-refractivity contribution in [2.45, 2.75) is 40.0 Å². The van der Waals surface area contributed by atoms with E-state index in [4.69, 9.17) is 0 Å². The SMILES string of the molecule is CCC(C)(C)C(Cc1ccccc1)Cc1ccccc1. The monoisotopic (exact) mass is 266 g/mol. The van der Waals surface area contributed by atoms with Crippen LogP contribution >= 0.6 is 0 Å². The van der Waals surface area contributed by atoms with Crippen molar-refractivity contribution in [3.63, 3.8) is 0 Å². The Morgan fingerprint density at radius 2 is 1.15 bits per heavy atom. The van der Waals surface area contributed by atoms with Crippen LogP contribution in [-0.4, -0.2) is 0 Å². The van der Waals surface area contributed by atoms with E-state index in [0.717, 1.165) is 12.8 Å². The smallest absolute Gasteiger partial charge is 0.0242 e. The van der Waals surface area contributed by atoms with Crippen molar-refractivity contribution in [2.75, 3.05) is 0 Å². The summed E-state index contributed by atoms with van der Waals surface area (Å²) in [5.74, 6) is 0.678. The Labute approximate surface area is 123 Å². The van der Waals surface area contributed by atoms with Crippen molar-refractivity contribution in [2.24, 2.45) is 11.3 Å². The topological polar surface area (TPSA) is 0 Å². The molecule has 0 aliphatic carbocycles. The van der Waals surface area contributed by atoms with Gasteiger partial charge in [-0.05, 0) is 35.3 Å². The summed E-state index contributed by atoms with van der Waals surface area (Å²) in [4.78, 5) is 0. The summed E-state index contributed by atoms with van der Waals surface area (Å²) >= 11 is 0. The van der Waals surface area contributed by atoms with Gasteiger partial charge in [0.05, 0.1) is 0 Å². The van der Waals surface area contributed by atoms with Crippen LogP contribution in [0.5, 0.6) is 0 Å². The second-order valence-corrected chi connectivity index (χ2v) is 6.42. The minimum atomic E-state index is 0.367. The summed E-state index contributed by atoms with van der Waals surface area (Å²) in [6.45, 7) is 7.12. The summed E-state index contributed by atoms with van der Waals surface area (Å²) in [5, 5.41) is 0. The fourth-order valence-electron chi connectivity index (χ4n) is 2.71. The van der Waals surface area contributed by atoms with E-state index in [1.54, 1.807) is 0 Å². The van der Waals surface area contributed by atoms with Crippen LogP contribution in [-0.2, 0) is 12.8 Å². The third-order valence-corrected chi connectivity index (χ3v) is 4.67. The first-order chi connectivity index (χ1) is 9.62. The highest BCUT2D eigenvalue weighted by molar-refractivity contribution is 5.19. The normalized spacial score (nSPS) is 11.8. The lowest BCUT2D eigenvalue weighted by atomic mass is 9.71. The van der Waals surface area contributed by atoms with E-state index in [1.165, 1.54) is 17.5 Å². The molecule has 0 radical (unpaired) electrons. The van der Waals surface area contributed by atoms with Crippen molar-refractivity contribution < 1.29 is 0 Å². The highest BCUT2D eigenvalue weighted by Gasteiger charge is 2.27. The molecule has 0 unspecified atom stereocenters. The molecule has 0 nitrogen and oxygen atoms in total. The van der Waals surface area contributed by atoms with Gasteiger partial charge in [-0.1, -0.05) is 87.9 Å². The number of rotatable bonds is 6. The van der Waals surface area contributed by atoms with E-state index in [2.05, 4.69) is 81.4 Å². The van der Waals surface area contributed by atoms with Gasteiger partial charge in [-0.3, -0.25) is 0 Å². The molecule has 2 aromatic rings. The number of benzene rings is 2. The molecule has 0 N–H and O–H groups in total. The molecule has 0 saturated heterocycles. The van der Waals surface area contributed by atoms with Gasteiger partial charge in [-0.2, -0.15) is 0 Å². The van der Waals surface area contributed by atoms with Crippen molar-refractivity contribution >= 4 is 0 Å². The standard InChI is InChI=1S/C20H26/c1-4-20(2,3)19(15-17-11-7-5-8-12-17)16-18-13-9-6-10-14-18/h5-14,19H,4,15-16H2,1-3H3. The Hall–Kier alpha value is -1.56.